The van der Waals surface area contributed by atoms with Gasteiger partial charge < -0.3 is 0 Å². The number of hydrogen-bond acceptors (Lipinski definition) is 3. The van der Waals surface area contributed by atoms with Gasteiger partial charge >= 0.3 is 6.18 Å². The van der Waals surface area contributed by atoms with E-state index < -0.39 is 11.7 Å². The zero-order chi connectivity index (χ0) is 20.0. The van der Waals surface area contributed by atoms with Crippen molar-refractivity contribution in [2.24, 2.45) is 10.2 Å². The van der Waals surface area contributed by atoms with Crippen molar-refractivity contribution in [1.82, 2.24) is 0 Å². The topological polar surface area (TPSA) is 41.8 Å². The number of carbonyl (C=O) groups excluding carboxylic acids is 1. The van der Waals surface area contributed by atoms with E-state index in [-0.39, 0.29) is 17.1 Å². The van der Waals surface area contributed by atoms with E-state index in [0.717, 1.165) is 12.3 Å². The van der Waals surface area contributed by atoms with Crippen molar-refractivity contribution in [3.05, 3.63) is 107 Å². The molecule has 0 N–H and O–H groups in total. The molecule has 0 bridgehead atoms. The number of rotatable bonds is 5. The molecule has 0 atom stereocenters. The monoisotopic (exact) mass is 380 g/mol. The van der Waals surface area contributed by atoms with Gasteiger partial charge in [-0.3, -0.25) is 4.79 Å². The quantitative estimate of drug-likeness (QED) is 0.331. The first-order valence-electron chi connectivity index (χ1n) is 8.39. The zero-order valence-corrected chi connectivity index (χ0v) is 14.6. The molecule has 0 aromatic heterocycles. The Balaban J connectivity index is 1.99. The number of hydrogen-bond donors (Lipinski definition) is 0. The smallest absolute Gasteiger partial charge is 0.287 e. The third-order valence-electron chi connectivity index (χ3n) is 3.92. The second kappa shape index (κ2) is 8.43. The summed E-state index contributed by atoms with van der Waals surface area (Å²) in [5.41, 5.74) is 0.0454. The highest BCUT2D eigenvalue weighted by Gasteiger charge is 2.32. The lowest BCUT2D eigenvalue weighted by molar-refractivity contribution is -0.137. The minimum atomic E-state index is -4.51. The van der Waals surface area contributed by atoms with Gasteiger partial charge in [-0.25, -0.2) is 0 Å². The number of halogens is 3. The summed E-state index contributed by atoms with van der Waals surface area (Å²) in [5, 5.41) is 7.74. The lowest BCUT2D eigenvalue weighted by Gasteiger charge is -2.09. The Labute approximate surface area is 159 Å². The Morgan fingerprint density at radius 3 is 1.89 bits per heavy atom. The minimum absolute atomic E-state index is 0.0486. The molecule has 0 heterocycles. The highest BCUT2D eigenvalue weighted by molar-refractivity contribution is 6.51. The summed E-state index contributed by atoms with van der Waals surface area (Å²) in [5.74, 6) is -0.368. The zero-order valence-electron chi connectivity index (χ0n) is 14.6. The van der Waals surface area contributed by atoms with Crippen molar-refractivity contribution in [1.29, 1.82) is 0 Å². The molecular weight excluding hydrogens is 365 g/mol. The van der Waals surface area contributed by atoms with Gasteiger partial charge in [0.05, 0.1) is 11.8 Å². The van der Waals surface area contributed by atoms with Crippen molar-refractivity contribution < 1.29 is 18.0 Å². The van der Waals surface area contributed by atoms with Crippen LogP contribution in [0.3, 0.4) is 0 Å². The normalized spacial score (nSPS) is 12.3. The van der Waals surface area contributed by atoms with Crippen LogP contribution in [0.5, 0.6) is 0 Å². The summed E-state index contributed by atoms with van der Waals surface area (Å²) in [6.07, 6.45) is -3.50. The van der Waals surface area contributed by atoms with E-state index >= 15 is 0 Å². The Morgan fingerprint density at radius 2 is 1.29 bits per heavy atom. The second-order valence-corrected chi connectivity index (χ2v) is 5.84. The van der Waals surface area contributed by atoms with Gasteiger partial charge in [0.15, 0.2) is 0 Å². The van der Waals surface area contributed by atoms with Crippen LogP contribution in [0.4, 0.5) is 13.2 Å². The van der Waals surface area contributed by atoms with E-state index in [0.29, 0.717) is 11.1 Å². The molecule has 0 unspecified atom stereocenters. The summed E-state index contributed by atoms with van der Waals surface area (Å²) < 4.78 is 39.3. The molecule has 0 spiro atoms. The maximum Gasteiger partial charge on any atom is 0.417 e. The Bertz CT molecular complexity index is 1010. The predicted octanol–water partition coefficient (Wildman–Crippen LogP) is 5.41. The third-order valence-corrected chi connectivity index (χ3v) is 3.92. The highest BCUT2D eigenvalue weighted by Crippen LogP contribution is 2.31. The van der Waals surface area contributed by atoms with Crippen LogP contribution in [-0.4, -0.2) is 17.7 Å². The van der Waals surface area contributed by atoms with E-state index in [1.807, 2.05) is 0 Å². The van der Waals surface area contributed by atoms with Crippen LogP contribution in [-0.2, 0) is 6.18 Å². The van der Waals surface area contributed by atoms with Crippen molar-refractivity contribution in [3.63, 3.8) is 0 Å². The van der Waals surface area contributed by atoms with E-state index in [4.69, 9.17) is 0 Å². The number of Topliss-reactive ketones (excluding diaryl/α,β-unsaturated/α-hetero) is 1. The molecule has 0 amide bonds. The maximum absolute atomic E-state index is 13.1. The summed E-state index contributed by atoms with van der Waals surface area (Å²) in [6, 6.07) is 22.2. The SMILES string of the molecule is O=C(/C(=N\N=C/c1ccccc1C(F)(F)F)c1ccccc1)c1ccccc1. The number of benzene rings is 3. The molecule has 0 saturated heterocycles. The van der Waals surface area contributed by atoms with Gasteiger partial charge in [0.1, 0.15) is 5.71 Å². The second-order valence-electron chi connectivity index (χ2n) is 5.84. The molecule has 6 heteroatoms. The van der Waals surface area contributed by atoms with Crippen molar-refractivity contribution in [3.8, 4) is 0 Å². The molecule has 140 valence electrons. The molecule has 0 fully saturated rings. The van der Waals surface area contributed by atoms with Crippen molar-refractivity contribution >= 4 is 17.7 Å². The molecule has 0 aliphatic rings. The van der Waals surface area contributed by atoms with Gasteiger partial charge in [-0.1, -0.05) is 78.9 Å². The third kappa shape index (κ3) is 4.59. The molecule has 3 nitrogen and oxygen atoms in total. The molecule has 28 heavy (non-hydrogen) atoms. The molecule has 3 rings (SSSR count). The van der Waals surface area contributed by atoms with Gasteiger partial charge in [0.25, 0.3) is 0 Å². The van der Waals surface area contributed by atoms with E-state index in [1.165, 1.54) is 18.2 Å². The maximum atomic E-state index is 13.1. The minimum Gasteiger partial charge on any atom is -0.287 e. The van der Waals surface area contributed by atoms with Crippen molar-refractivity contribution in [2.75, 3.05) is 0 Å². The molecular formula is C22H15F3N2O. The largest absolute Gasteiger partial charge is 0.417 e. The summed E-state index contributed by atoms with van der Waals surface area (Å²) >= 11 is 0. The molecule has 3 aromatic carbocycles. The van der Waals surface area contributed by atoms with E-state index in [9.17, 15) is 18.0 Å². The number of alkyl halides is 3. The average molecular weight is 380 g/mol. The predicted molar refractivity (Wildman–Crippen MR) is 103 cm³/mol. The van der Waals surface area contributed by atoms with Gasteiger partial charge in [-0.15, -0.1) is 5.10 Å². The van der Waals surface area contributed by atoms with Gasteiger partial charge in [0, 0.05) is 16.7 Å². The standard InChI is InChI=1S/C22H15F3N2O/c23-22(24,25)19-14-8-7-13-18(19)15-26-27-20(16-9-3-1-4-10-16)21(28)17-11-5-2-6-12-17/h1-15H/b26-15-,27-20-. The first-order valence-corrected chi connectivity index (χ1v) is 8.39. The first kappa shape index (κ1) is 19.2. The van der Waals surface area contributed by atoms with Gasteiger partial charge in [0.2, 0.25) is 5.78 Å². The Hall–Kier alpha value is -3.54. The Morgan fingerprint density at radius 1 is 0.750 bits per heavy atom. The Kier molecular flexibility index (Phi) is 5.79. The summed E-state index contributed by atoms with van der Waals surface area (Å²) in [4.78, 5) is 12.8. The molecule has 0 aliphatic carbocycles. The van der Waals surface area contributed by atoms with Crippen LogP contribution < -0.4 is 0 Å². The number of nitrogens with zero attached hydrogens (tertiary/aromatic N) is 2. The van der Waals surface area contributed by atoms with Crippen LogP contribution in [0.25, 0.3) is 0 Å². The van der Waals surface area contributed by atoms with Gasteiger partial charge in [-0.05, 0) is 6.07 Å². The van der Waals surface area contributed by atoms with Crippen LogP contribution >= 0.6 is 0 Å². The van der Waals surface area contributed by atoms with Crippen molar-refractivity contribution in [2.45, 2.75) is 6.18 Å². The average Bonchev–Trinajstić information content (AvgIpc) is 2.72. The fraction of sp³-hybridized carbons (Fsp3) is 0.0455. The number of ketones is 1. The number of carbonyl (C=O) groups is 1. The lowest BCUT2D eigenvalue weighted by Crippen LogP contribution is -2.15. The molecule has 0 radical (unpaired) electrons. The van der Waals surface area contributed by atoms with Crippen LogP contribution in [0.15, 0.2) is 95.1 Å². The molecule has 3 aromatic rings. The van der Waals surface area contributed by atoms with Gasteiger partial charge in [-0.2, -0.15) is 18.3 Å². The first-order chi connectivity index (χ1) is 13.5. The van der Waals surface area contributed by atoms with Crippen LogP contribution in [0.2, 0.25) is 0 Å². The van der Waals surface area contributed by atoms with E-state index in [2.05, 4.69) is 10.2 Å². The fourth-order valence-electron chi connectivity index (χ4n) is 2.57. The summed E-state index contributed by atoms with van der Waals surface area (Å²) in [6.45, 7) is 0. The van der Waals surface area contributed by atoms with E-state index in [1.54, 1.807) is 60.7 Å². The molecule has 0 saturated carbocycles. The highest BCUT2D eigenvalue weighted by atomic mass is 19.4. The van der Waals surface area contributed by atoms with Crippen LogP contribution in [0.1, 0.15) is 27.0 Å². The summed E-state index contributed by atoms with van der Waals surface area (Å²) in [7, 11) is 0. The molecule has 0 aliphatic heterocycles. The van der Waals surface area contributed by atoms with Crippen LogP contribution in [0, 0.1) is 0 Å². The fourth-order valence-corrected chi connectivity index (χ4v) is 2.57. The lowest BCUT2D eigenvalue weighted by atomic mass is 10.0.